The molecule has 0 spiro atoms. The van der Waals surface area contributed by atoms with Crippen LogP contribution in [0.2, 0.25) is 0 Å². The lowest BCUT2D eigenvalue weighted by atomic mass is 9.48. The van der Waals surface area contributed by atoms with Crippen LogP contribution in [-0.2, 0) is 9.59 Å². The molecule has 0 aromatic carbocycles. The number of ketones is 2. The Morgan fingerprint density at radius 1 is 1.10 bits per heavy atom. The average molecular weight is 397 g/mol. The zero-order valence-electron chi connectivity index (χ0n) is 19.2. The highest BCUT2D eigenvalue weighted by atomic mass is 16.1. The van der Waals surface area contributed by atoms with Gasteiger partial charge in [0.05, 0.1) is 0 Å². The van der Waals surface area contributed by atoms with Gasteiger partial charge in [-0.15, -0.1) is 0 Å². The van der Waals surface area contributed by atoms with Gasteiger partial charge >= 0.3 is 0 Å². The van der Waals surface area contributed by atoms with Crippen LogP contribution < -0.4 is 0 Å². The molecule has 2 heteroatoms. The number of fused-ring (bicyclic) bond motifs is 5. The van der Waals surface area contributed by atoms with Crippen molar-refractivity contribution in [1.29, 1.82) is 0 Å². The number of hydrogen-bond donors (Lipinski definition) is 0. The molecule has 0 amide bonds. The molecule has 0 aromatic heterocycles. The predicted octanol–water partition coefficient (Wildman–Crippen LogP) is 6.55. The second-order valence-electron chi connectivity index (χ2n) is 11.5. The van der Waals surface area contributed by atoms with Crippen LogP contribution in [0.4, 0.5) is 0 Å². The van der Waals surface area contributed by atoms with Gasteiger partial charge in [0.15, 0.2) is 5.78 Å². The van der Waals surface area contributed by atoms with Crippen molar-refractivity contribution in [3.05, 3.63) is 23.8 Å². The van der Waals surface area contributed by atoms with Gasteiger partial charge in [-0.05, 0) is 90.6 Å². The Morgan fingerprint density at radius 3 is 2.59 bits per heavy atom. The number of allylic oxidation sites excluding steroid dienone is 4. The van der Waals surface area contributed by atoms with E-state index in [4.69, 9.17) is 0 Å². The van der Waals surface area contributed by atoms with E-state index in [-0.39, 0.29) is 11.3 Å². The third kappa shape index (κ3) is 3.39. The Kier molecular flexibility index (Phi) is 5.45. The highest BCUT2D eigenvalue weighted by molar-refractivity contribution is 5.92. The van der Waals surface area contributed by atoms with Gasteiger partial charge in [-0.3, -0.25) is 9.59 Å². The molecular weight excluding hydrogens is 356 g/mol. The second kappa shape index (κ2) is 7.50. The quantitative estimate of drug-likeness (QED) is 0.528. The molecule has 0 bridgehead atoms. The van der Waals surface area contributed by atoms with Crippen LogP contribution in [0.5, 0.6) is 0 Å². The Balaban J connectivity index is 1.53. The summed E-state index contributed by atoms with van der Waals surface area (Å²) in [6, 6.07) is 0. The van der Waals surface area contributed by atoms with E-state index in [9.17, 15) is 9.59 Å². The van der Waals surface area contributed by atoms with E-state index in [1.807, 2.05) is 19.9 Å². The normalized spacial score (nSPS) is 42.1. The van der Waals surface area contributed by atoms with E-state index < -0.39 is 0 Å². The molecule has 0 saturated heterocycles. The summed E-state index contributed by atoms with van der Waals surface area (Å²) in [6.07, 6.45) is 15.6. The summed E-state index contributed by atoms with van der Waals surface area (Å²) in [6.45, 7) is 11.5. The van der Waals surface area contributed by atoms with E-state index in [0.717, 1.165) is 37.5 Å². The molecule has 1 unspecified atom stereocenters. The van der Waals surface area contributed by atoms with Crippen LogP contribution in [0, 0.1) is 46.3 Å². The smallest absolute Gasteiger partial charge is 0.156 e. The molecule has 0 aromatic rings. The molecule has 29 heavy (non-hydrogen) atoms. The van der Waals surface area contributed by atoms with Crippen LogP contribution in [0.25, 0.3) is 0 Å². The summed E-state index contributed by atoms with van der Waals surface area (Å²) in [5, 5.41) is 0. The first kappa shape index (κ1) is 21.1. The zero-order chi connectivity index (χ0) is 21.0. The van der Waals surface area contributed by atoms with Gasteiger partial charge in [0.1, 0.15) is 5.78 Å². The summed E-state index contributed by atoms with van der Waals surface area (Å²) in [5.41, 5.74) is 1.91. The van der Waals surface area contributed by atoms with Crippen LogP contribution in [0.15, 0.2) is 23.8 Å². The first-order valence-electron chi connectivity index (χ1n) is 12.1. The molecule has 4 aliphatic rings. The first-order chi connectivity index (χ1) is 13.7. The SMILES string of the molecule is CC(C)C(=O)CC[C@@H](C)C1CC[C@H]2[C@@H]3C=CC4=CC(=O)CC[C@]4(C)[C@H]3CC[C@]12C. The number of carbonyl (C=O) groups excluding carboxylic acids is 2. The van der Waals surface area contributed by atoms with Crippen molar-refractivity contribution >= 4 is 11.6 Å². The molecule has 0 aliphatic heterocycles. The van der Waals surface area contributed by atoms with Crippen molar-refractivity contribution in [1.82, 2.24) is 0 Å². The molecule has 2 saturated carbocycles. The van der Waals surface area contributed by atoms with Crippen molar-refractivity contribution < 1.29 is 9.59 Å². The maximum Gasteiger partial charge on any atom is 0.156 e. The Morgan fingerprint density at radius 2 is 1.86 bits per heavy atom. The summed E-state index contributed by atoms with van der Waals surface area (Å²) in [5.74, 6) is 4.42. The highest BCUT2D eigenvalue weighted by Crippen LogP contribution is 2.66. The number of Topliss-reactive ketones (excluding diaryl/α,β-unsaturated/α-hetero) is 1. The van der Waals surface area contributed by atoms with Crippen molar-refractivity contribution in [2.75, 3.05) is 0 Å². The van der Waals surface area contributed by atoms with Crippen molar-refractivity contribution in [2.24, 2.45) is 46.3 Å². The fourth-order valence-corrected chi connectivity index (χ4v) is 7.83. The highest BCUT2D eigenvalue weighted by Gasteiger charge is 2.58. The van der Waals surface area contributed by atoms with E-state index in [2.05, 4.69) is 32.9 Å². The Labute approximate surface area is 177 Å². The molecule has 4 rings (SSSR count). The second-order valence-corrected chi connectivity index (χ2v) is 11.5. The molecule has 0 radical (unpaired) electrons. The number of carbonyl (C=O) groups is 2. The monoisotopic (exact) mass is 396 g/mol. The third-order valence-corrected chi connectivity index (χ3v) is 9.77. The average Bonchev–Trinajstić information content (AvgIpc) is 3.03. The Bertz CT molecular complexity index is 744. The van der Waals surface area contributed by atoms with Crippen LogP contribution in [-0.4, -0.2) is 11.6 Å². The van der Waals surface area contributed by atoms with Crippen LogP contribution in [0.1, 0.15) is 86.0 Å². The summed E-state index contributed by atoms with van der Waals surface area (Å²) < 4.78 is 0. The van der Waals surface area contributed by atoms with Gasteiger partial charge in [0, 0.05) is 18.8 Å². The Hall–Kier alpha value is -1.18. The van der Waals surface area contributed by atoms with E-state index in [1.54, 1.807) is 0 Å². The van der Waals surface area contributed by atoms with Crippen molar-refractivity contribution in [3.63, 3.8) is 0 Å². The first-order valence-corrected chi connectivity index (χ1v) is 12.1. The van der Waals surface area contributed by atoms with Gasteiger partial charge in [-0.1, -0.05) is 46.8 Å². The topological polar surface area (TPSA) is 34.1 Å². The number of hydrogen-bond acceptors (Lipinski definition) is 2. The van der Waals surface area contributed by atoms with Gasteiger partial charge in [-0.25, -0.2) is 0 Å². The fourth-order valence-electron chi connectivity index (χ4n) is 7.83. The molecule has 2 nitrogen and oxygen atoms in total. The standard InChI is InChI=1S/C27H40O2/c1-17(2)25(29)11-6-18(3)22-9-10-23-21-8-7-19-16-20(28)12-14-26(19,4)24(21)13-15-27(22,23)5/h7-8,16-18,21-24H,6,9-15H2,1-5H3/t18-,21+,22?,23+,24+,26+,27-/m1/s1. The lowest BCUT2D eigenvalue weighted by Crippen LogP contribution is -2.49. The lowest BCUT2D eigenvalue weighted by Gasteiger charge is -2.56. The van der Waals surface area contributed by atoms with Crippen LogP contribution in [0.3, 0.4) is 0 Å². The molecule has 0 N–H and O–H groups in total. The maximum atomic E-state index is 12.2. The molecule has 0 heterocycles. The predicted molar refractivity (Wildman–Crippen MR) is 118 cm³/mol. The van der Waals surface area contributed by atoms with E-state index in [1.165, 1.54) is 31.3 Å². The minimum Gasteiger partial charge on any atom is -0.299 e. The summed E-state index contributed by atoms with van der Waals surface area (Å²) in [4.78, 5) is 24.2. The molecule has 4 aliphatic carbocycles. The maximum absolute atomic E-state index is 12.2. The van der Waals surface area contributed by atoms with E-state index in [0.29, 0.717) is 34.7 Å². The lowest BCUT2D eigenvalue weighted by molar-refractivity contribution is -0.122. The summed E-state index contributed by atoms with van der Waals surface area (Å²) >= 11 is 0. The molecule has 7 atom stereocenters. The van der Waals surface area contributed by atoms with Gasteiger partial charge in [0.2, 0.25) is 0 Å². The molecule has 2 fully saturated rings. The molecular formula is C27H40O2. The number of rotatable bonds is 5. The van der Waals surface area contributed by atoms with Gasteiger partial charge in [0.25, 0.3) is 0 Å². The molecule has 160 valence electrons. The largest absolute Gasteiger partial charge is 0.299 e. The van der Waals surface area contributed by atoms with Crippen molar-refractivity contribution in [2.45, 2.75) is 86.0 Å². The third-order valence-electron chi connectivity index (χ3n) is 9.77. The zero-order valence-corrected chi connectivity index (χ0v) is 19.2. The van der Waals surface area contributed by atoms with Gasteiger partial charge < -0.3 is 0 Å². The summed E-state index contributed by atoms with van der Waals surface area (Å²) in [7, 11) is 0. The fraction of sp³-hybridized carbons (Fsp3) is 0.778. The van der Waals surface area contributed by atoms with Crippen LogP contribution >= 0.6 is 0 Å². The van der Waals surface area contributed by atoms with Crippen molar-refractivity contribution in [3.8, 4) is 0 Å². The minimum atomic E-state index is 0.169. The minimum absolute atomic E-state index is 0.169. The van der Waals surface area contributed by atoms with Gasteiger partial charge in [-0.2, -0.15) is 0 Å². The van der Waals surface area contributed by atoms with E-state index >= 15 is 0 Å².